The fourth-order valence-corrected chi connectivity index (χ4v) is 4.51. The van der Waals surface area contributed by atoms with Gasteiger partial charge in [0.15, 0.2) is 0 Å². The highest BCUT2D eigenvalue weighted by atomic mass is 32.1. The summed E-state index contributed by atoms with van der Waals surface area (Å²) in [5.41, 5.74) is 3.65. The molecule has 0 N–H and O–H groups in total. The van der Waals surface area contributed by atoms with E-state index in [2.05, 4.69) is 57.7 Å². The molecule has 4 rings (SSSR count). The van der Waals surface area contributed by atoms with Crippen molar-refractivity contribution in [2.24, 2.45) is 5.92 Å². The first-order valence-corrected chi connectivity index (χ1v) is 10.6. The molecule has 1 saturated heterocycles. The van der Waals surface area contributed by atoms with Crippen molar-refractivity contribution >= 4 is 17.2 Å². The predicted molar refractivity (Wildman–Crippen MR) is 114 cm³/mol. The van der Waals surface area contributed by atoms with Crippen molar-refractivity contribution in [2.45, 2.75) is 13.0 Å². The van der Waals surface area contributed by atoms with Crippen LogP contribution in [0.25, 0.3) is 10.4 Å². The van der Waals surface area contributed by atoms with Crippen LogP contribution in [0.5, 0.6) is 0 Å². The molecule has 0 saturated carbocycles. The molecule has 0 radical (unpaired) electrons. The number of rotatable bonds is 5. The van der Waals surface area contributed by atoms with Gasteiger partial charge in [0.25, 0.3) is 0 Å². The second-order valence-electron chi connectivity index (χ2n) is 7.43. The smallest absolute Gasteiger partial charge is 0.227 e. The van der Waals surface area contributed by atoms with Gasteiger partial charge < -0.3 is 4.90 Å². The van der Waals surface area contributed by atoms with E-state index in [1.807, 2.05) is 24.2 Å². The molecule has 1 amide bonds. The number of benzene rings is 1. The third kappa shape index (κ3) is 4.49. The number of carbonyl (C=O) groups is 1. The molecule has 0 bridgehead atoms. The lowest BCUT2D eigenvalue weighted by molar-refractivity contribution is -0.133. The van der Waals surface area contributed by atoms with Gasteiger partial charge in [-0.3, -0.25) is 14.7 Å². The van der Waals surface area contributed by atoms with Crippen molar-refractivity contribution in [3.8, 4) is 10.4 Å². The number of nitrogens with zero attached hydrogens (tertiary/aromatic N) is 3. The maximum atomic E-state index is 12.9. The average molecular weight is 392 g/mol. The van der Waals surface area contributed by atoms with Gasteiger partial charge in [0.1, 0.15) is 0 Å². The van der Waals surface area contributed by atoms with E-state index in [1.54, 1.807) is 17.5 Å². The summed E-state index contributed by atoms with van der Waals surface area (Å²) in [4.78, 5) is 22.6. The largest absolute Gasteiger partial charge is 0.344 e. The lowest BCUT2D eigenvalue weighted by Gasteiger charge is -2.23. The van der Waals surface area contributed by atoms with Crippen molar-refractivity contribution in [2.75, 3.05) is 26.7 Å². The maximum Gasteiger partial charge on any atom is 0.227 e. The summed E-state index contributed by atoms with van der Waals surface area (Å²) >= 11 is 1.75. The first-order valence-electron chi connectivity index (χ1n) is 9.68. The Morgan fingerprint density at radius 3 is 2.64 bits per heavy atom. The number of thiophene rings is 1. The number of amides is 1. The Labute approximate surface area is 170 Å². The lowest BCUT2D eigenvalue weighted by atomic mass is 9.96. The van der Waals surface area contributed by atoms with E-state index in [9.17, 15) is 4.79 Å². The van der Waals surface area contributed by atoms with Crippen LogP contribution < -0.4 is 0 Å². The first-order chi connectivity index (χ1) is 13.7. The Hall–Kier alpha value is -2.50. The molecule has 5 heteroatoms. The van der Waals surface area contributed by atoms with Crippen LogP contribution in [-0.2, 0) is 17.8 Å². The molecule has 28 heavy (non-hydrogen) atoms. The van der Waals surface area contributed by atoms with Crippen molar-refractivity contribution in [1.29, 1.82) is 0 Å². The van der Waals surface area contributed by atoms with E-state index < -0.39 is 0 Å². The highest BCUT2D eigenvalue weighted by molar-refractivity contribution is 7.13. The molecular formula is C23H25N3OS. The van der Waals surface area contributed by atoms with Crippen LogP contribution in [0.1, 0.15) is 11.1 Å². The number of hydrogen-bond acceptors (Lipinski definition) is 4. The average Bonchev–Trinajstić information content (AvgIpc) is 3.23. The first kappa shape index (κ1) is 18.8. The molecule has 3 aromatic rings. The normalized spacial score (nSPS) is 18.2. The van der Waals surface area contributed by atoms with Crippen LogP contribution in [0.3, 0.4) is 0 Å². The van der Waals surface area contributed by atoms with Gasteiger partial charge in [0.05, 0.1) is 5.92 Å². The summed E-state index contributed by atoms with van der Waals surface area (Å²) in [5.74, 6) is 0.229. The Morgan fingerprint density at radius 2 is 1.93 bits per heavy atom. The highest BCUT2D eigenvalue weighted by Crippen LogP contribution is 2.26. The van der Waals surface area contributed by atoms with E-state index >= 15 is 0 Å². The zero-order valence-electron chi connectivity index (χ0n) is 16.1. The van der Waals surface area contributed by atoms with E-state index in [1.165, 1.54) is 21.6 Å². The van der Waals surface area contributed by atoms with Gasteiger partial charge in [-0.25, -0.2) is 0 Å². The Kier molecular flexibility index (Phi) is 5.84. The molecule has 1 unspecified atom stereocenters. The van der Waals surface area contributed by atoms with Crippen molar-refractivity contribution in [3.63, 3.8) is 0 Å². The second-order valence-corrected chi connectivity index (χ2v) is 8.38. The van der Waals surface area contributed by atoms with Gasteiger partial charge >= 0.3 is 0 Å². The molecule has 144 valence electrons. The fraction of sp³-hybridized carbons (Fsp3) is 0.304. The van der Waals surface area contributed by atoms with E-state index in [0.29, 0.717) is 0 Å². The molecule has 2 aromatic heterocycles. The topological polar surface area (TPSA) is 36.4 Å². The third-order valence-corrected chi connectivity index (χ3v) is 6.25. The van der Waals surface area contributed by atoms with Crippen LogP contribution in [0.4, 0.5) is 0 Å². The minimum atomic E-state index is -0.0169. The zero-order valence-corrected chi connectivity index (χ0v) is 16.9. The summed E-state index contributed by atoms with van der Waals surface area (Å²) < 4.78 is 0. The van der Waals surface area contributed by atoms with Crippen LogP contribution in [0, 0.1) is 5.92 Å². The van der Waals surface area contributed by atoms with Crippen LogP contribution in [-0.4, -0.2) is 47.4 Å². The van der Waals surface area contributed by atoms with E-state index in [0.717, 1.165) is 32.6 Å². The SMILES string of the molecule is CN1CCN(Cc2cccnc2)CC(Cc2ccc(-c3cccs3)cc2)C1=O. The number of pyridine rings is 1. The number of likely N-dealkylation sites (N-methyl/N-ethyl adjacent to an activating group) is 1. The number of hydrogen-bond donors (Lipinski definition) is 0. The Bertz CT molecular complexity index is 893. The number of carbonyl (C=O) groups excluding carboxylic acids is 1. The molecule has 4 nitrogen and oxygen atoms in total. The van der Waals surface area contributed by atoms with Crippen LogP contribution in [0.2, 0.25) is 0 Å². The molecular weight excluding hydrogens is 366 g/mol. The monoisotopic (exact) mass is 391 g/mol. The Morgan fingerprint density at radius 1 is 1.07 bits per heavy atom. The summed E-state index contributed by atoms with van der Waals surface area (Å²) in [6.07, 6.45) is 4.48. The summed E-state index contributed by atoms with van der Waals surface area (Å²) in [6.45, 7) is 3.28. The van der Waals surface area contributed by atoms with Crippen LogP contribution in [0.15, 0.2) is 66.3 Å². The molecule has 3 heterocycles. The minimum absolute atomic E-state index is 0.0169. The highest BCUT2D eigenvalue weighted by Gasteiger charge is 2.28. The van der Waals surface area contributed by atoms with E-state index in [4.69, 9.17) is 0 Å². The predicted octanol–water partition coefficient (Wildman–Crippen LogP) is 3.94. The molecule has 1 aliphatic heterocycles. The summed E-state index contributed by atoms with van der Waals surface area (Å²) in [5, 5.41) is 2.10. The molecule has 1 atom stereocenters. The van der Waals surface area contributed by atoms with Gasteiger partial charge in [0, 0.05) is 50.5 Å². The van der Waals surface area contributed by atoms with Gasteiger partial charge in [0.2, 0.25) is 5.91 Å². The van der Waals surface area contributed by atoms with Crippen molar-refractivity contribution in [3.05, 3.63) is 77.4 Å². The van der Waals surface area contributed by atoms with Crippen molar-refractivity contribution < 1.29 is 4.79 Å². The zero-order chi connectivity index (χ0) is 19.3. The van der Waals surface area contributed by atoms with Crippen LogP contribution >= 0.6 is 11.3 Å². The van der Waals surface area contributed by atoms with Gasteiger partial charge in [-0.1, -0.05) is 36.4 Å². The van der Waals surface area contributed by atoms with Gasteiger partial charge in [-0.2, -0.15) is 0 Å². The fourth-order valence-electron chi connectivity index (χ4n) is 3.77. The van der Waals surface area contributed by atoms with Crippen molar-refractivity contribution in [1.82, 2.24) is 14.8 Å². The lowest BCUT2D eigenvalue weighted by Crippen LogP contribution is -2.34. The quantitative estimate of drug-likeness (QED) is 0.661. The molecule has 1 fully saturated rings. The molecule has 0 aliphatic carbocycles. The minimum Gasteiger partial charge on any atom is -0.344 e. The molecule has 1 aromatic carbocycles. The number of aromatic nitrogens is 1. The maximum absolute atomic E-state index is 12.9. The third-order valence-electron chi connectivity index (χ3n) is 5.33. The van der Waals surface area contributed by atoms with Gasteiger partial charge in [-0.05, 0) is 40.6 Å². The summed E-state index contributed by atoms with van der Waals surface area (Å²) in [6, 6.07) is 16.9. The molecule has 0 spiro atoms. The molecule has 1 aliphatic rings. The second kappa shape index (κ2) is 8.67. The standard InChI is InChI=1S/C23H25N3OS/c1-25-11-12-26(16-19-4-2-10-24-15-19)17-21(23(25)27)14-18-6-8-20(9-7-18)22-5-3-13-28-22/h2-10,13,15,21H,11-12,14,16-17H2,1H3. The van der Waals surface area contributed by atoms with Gasteiger partial charge in [-0.15, -0.1) is 11.3 Å². The Balaban J connectivity index is 1.47. The summed E-state index contributed by atoms with van der Waals surface area (Å²) in [7, 11) is 1.92. The van der Waals surface area contributed by atoms with E-state index in [-0.39, 0.29) is 11.8 Å².